The van der Waals surface area contributed by atoms with Gasteiger partial charge in [-0.3, -0.25) is 4.90 Å². The molecule has 0 aromatic carbocycles. The maximum atomic E-state index is 11.1. The molecule has 1 unspecified atom stereocenters. The number of aliphatic hydroxyl groups is 1. The highest BCUT2D eigenvalue weighted by Gasteiger charge is 2.16. The van der Waals surface area contributed by atoms with Gasteiger partial charge in [0.05, 0.1) is 13.2 Å². The largest absolute Gasteiger partial charge is 0.466 e. The van der Waals surface area contributed by atoms with E-state index in [2.05, 4.69) is 9.64 Å². The number of carbonyl (C=O) groups is 1. The van der Waals surface area contributed by atoms with Gasteiger partial charge in [-0.15, -0.1) is 0 Å². The number of methoxy groups -OCH3 is 1. The van der Waals surface area contributed by atoms with E-state index in [0.717, 1.165) is 19.4 Å². The third-order valence-corrected chi connectivity index (χ3v) is 2.64. The highest BCUT2D eigenvalue weighted by molar-refractivity contribution is 5.87. The standard InChI is InChI=1S/C11H19NO3/c1-9(11(14)15-2)5-7-12-6-3-4-10(13)8-12/h5,10,13H,3-4,6-8H2,1-2H3. The second-order valence-electron chi connectivity index (χ2n) is 3.93. The van der Waals surface area contributed by atoms with Crippen molar-refractivity contribution in [3.05, 3.63) is 11.6 Å². The predicted octanol–water partition coefficient (Wildman–Crippen LogP) is 0.562. The van der Waals surface area contributed by atoms with Gasteiger partial charge in [-0.05, 0) is 26.3 Å². The highest BCUT2D eigenvalue weighted by atomic mass is 16.5. The van der Waals surface area contributed by atoms with Crippen molar-refractivity contribution < 1.29 is 14.6 Å². The van der Waals surface area contributed by atoms with Crippen LogP contribution >= 0.6 is 0 Å². The third-order valence-electron chi connectivity index (χ3n) is 2.64. The Balaban J connectivity index is 2.38. The lowest BCUT2D eigenvalue weighted by Gasteiger charge is -2.28. The van der Waals surface area contributed by atoms with Crippen molar-refractivity contribution in [3.63, 3.8) is 0 Å². The maximum absolute atomic E-state index is 11.1. The van der Waals surface area contributed by atoms with Crippen molar-refractivity contribution in [2.75, 3.05) is 26.7 Å². The number of aliphatic hydroxyl groups excluding tert-OH is 1. The van der Waals surface area contributed by atoms with E-state index in [1.54, 1.807) is 6.92 Å². The predicted molar refractivity (Wildman–Crippen MR) is 57.5 cm³/mol. The fourth-order valence-corrected chi connectivity index (χ4v) is 1.71. The van der Waals surface area contributed by atoms with E-state index in [4.69, 9.17) is 0 Å². The van der Waals surface area contributed by atoms with Crippen LogP contribution < -0.4 is 0 Å². The normalized spacial score (nSPS) is 23.9. The number of esters is 1. The number of carbonyl (C=O) groups excluding carboxylic acids is 1. The van der Waals surface area contributed by atoms with Crippen molar-refractivity contribution in [2.45, 2.75) is 25.9 Å². The van der Waals surface area contributed by atoms with Crippen molar-refractivity contribution in [2.24, 2.45) is 0 Å². The molecular weight excluding hydrogens is 194 g/mol. The molecule has 1 heterocycles. The summed E-state index contributed by atoms with van der Waals surface area (Å²) in [7, 11) is 1.38. The summed E-state index contributed by atoms with van der Waals surface area (Å²) in [5.41, 5.74) is 0.623. The fraction of sp³-hybridized carbons (Fsp3) is 0.727. The Morgan fingerprint density at radius 1 is 1.67 bits per heavy atom. The number of rotatable bonds is 3. The summed E-state index contributed by atoms with van der Waals surface area (Å²) in [4.78, 5) is 13.2. The number of hydrogen-bond acceptors (Lipinski definition) is 4. The Morgan fingerprint density at radius 2 is 2.40 bits per heavy atom. The minimum Gasteiger partial charge on any atom is -0.466 e. The molecule has 4 nitrogen and oxygen atoms in total. The molecule has 1 aliphatic rings. The smallest absolute Gasteiger partial charge is 0.333 e. The first-order chi connectivity index (χ1) is 7.13. The minimum absolute atomic E-state index is 0.217. The van der Waals surface area contributed by atoms with Gasteiger partial charge >= 0.3 is 5.97 Å². The Bertz CT molecular complexity index is 250. The average Bonchev–Trinajstić information content (AvgIpc) is 2.25. The summed E-state index contributed by atoms with van der Waals surface area (Å²) in [6, 6.07) is 0. The van der Waals surface area contributed by atoms with E-state index in [1.165, 1.54) is 7.11 Å². The van der Waals surface area contributed by atoms with E-state index in [0.29, 0.717) is 18.7 Å². The van der Waals surface area contributed by atoms with Gasteiger partial charge in [-0.1, -0.05) is 6.08 Å². The lowest BCUT2D eigenvalue weighted by atomic mass is 10.1. The second-order valence-corrected chi connectivity index (χ2v) is 3.93. The number of nitrogens with zero attached hydrogens (tertiary/aromatic N) is 1. The molecule has 1 saturated heterocycles. The summed E-state index contributed by atoms with van der Waals surface area (Å²) in [6.07, 6.45) is 3.54. The van der Waals surface area contributed by atoms with Crippen LogP contribution in [-0.4, -0.2) is 48.8 Å². The zero-order valence-corrected chi connectivity index (χ0v) is 9.40. The Hall–Kier alpha value is -0.870. The first kappa shape index (κ1) is 12.2. The summed E-state index contributed by atoms with van der Waals surface area (Å²) in [5, 5.41) is 9.45. The molecule has 0 aliphatic carbocycles. The summed E-state index contributed by atoms with van der Waals surface area (Å²) >= 11 is 0. The molecule has 4 heteroatoms. The Kier molecular flexibility index (Phi) is 4.78. The molecule has 0 saturated carbocycles. The molecule has 1 fully saturated rings. The topological polar surface area (TPSA) is 49.8 Å². The molecule has 1 atom stereocenters. The van der Waals surface area contributed by atoms with E-state index in [9.17, 15) is 9.90 Å². The lowest BCUT2D eigenvalue weighted by molar-refractivity contribution is -0.136. The van der Waals surface area contributed by atoms with Gasteiger partial charge in [-0.2, -0.15) is 0 Å². The fourth-order valence-electron chi connectivity index (χ4n) is 1.71. The van der Waals surface area contributed by atoms with Crippen LogP contribution in [-0.2, 0) is 9.53 Å². The van der Waals surface area contributed by atoms with Gasteiger partial charge in [0.15, 0.2) is 0 Å². The van der Waals surface area contributed by atoms with Crippen LogP contribution in [0.5, 0.6) is 0 Å². The van der Waals surface area contributed by atoms with Crippen LogP contribution in [0.2, 0.25) is 0 Å². The van der Waals surface area contributed by atoms with Crippen molar-refractivity contribution in [3.8, 4) is 0 Å². The van der Waals surface area contributed by atoms with Gasteiger partial charge in [-0.25, -0.2) is 4.79 Å². The first-order valence-electron chi connectivity index (χ1n) is 5.29. The third kappa shape index (κ3) is 4.01. The van der Waals surface area contributed by atoms with E-state index < -0.39 is 0 Å². The van der Waals surface area contributed by atoms with E-state index in [-0.39, 0.29) is 12.1 Å². The van der Waals surface area contributed by atoms with Crippen LogP contribution in [0.15, 0.2) is 11.6 Å². The SMILES string of the molecule is COC(=O)C(C)=CCN1CCCC(O)C1. The molecule has 0 bridgehead atoms. The Labute approximate surface area is 90.5 Å². The molecule has 0 amide bonds. The van der Waals surface area contributed by atoms with E-state index in [1.807, 2.05) is 6.08 Å². The van der Waals surface area contributed by atoms with Crippen LogP contribution in [0, 0.1) is 0 Å². The summed E-state index contributed by atoms with van der Waals surface area (Å²) in [6.45, 7) is 4.14. The number of hydrogen-bond donors (Lipinski definition) is 1. The monoisotopic (exact) mass is 213 g/mol. The van der Waals surface area contributed by atoms with Gasteiger partial charge in [0, 0.05) is 18.7 Å². The van der Waals surface area contributed by atoms with Crippen LogP contribution in [0.25, 0.3) is 0 Å². The summed E-state index contributed by atoms with van der Waals surface area (Å²) in [5.74, 6) is -0.285. The molecule has 86 valence electrons. The van der Waals surface area contributed by atoms with Gasteiger partial charge in [0.25, 0.3) is 0 Å². The summed E-state index contributed by atoms with van der Waals surface area (Å²) < 4.78 is 4.60. The molecule has 15 heavy (non-hydrogen) atoms. The molecule has 1 N–H and O–H groups in total. The quantitative estimate of drug-likeness (QED) is 0.550. The molecule has 0 aromatic rings. The van der Waals surface area contributed by atoms with Gasteiger partial charge < -0.3 is 9.84 Å². The average molecular weight is 213 g/mol. The van der Waals surface area contributed by atoms with Crippen molar-refractivity contribution >= 4 is 5.97 Å². The minimum atomic E-state index is -0.285. The maximum Gasteiger partial charge on any atom is 0.333 e. The van der Waals surface area contributed by atoms with E-state index >= 15 is 0 Å². The number of piperidine rings is 1. The number of β-amino-alcohol motifs (C(OH)–C–C–N with tert-alkyl or cyclic N) is 1. The first-order valence-corrected chi connectivity index (χ1v) is 5.29. The van der Waals surface area contributed by atoms with Crippen LogP contribution in [0.4, 0.5) is 0 Å². The van der Waals surface area contributed by atoms with Gasteiger partial charge in [0.1, 0.15) is 0 Å². The van der Waals surface area contributed by atoms with Crippen molar-refractivity contribution in [1.82, 2.24) is 4.90 Å². The zero-order valence-electron chi connectivity index (χ0n) is 9.40. The van der Waals surface area contributed by atoms with Crippen molar-refractivity contribution in [1.29, 1.82) is 0 Å². The number of ether oxygens (including phenoxy) is 1. The molecule has 0 radical (unpaired) electrons. The molecular formula is C11H19NO3. The Morgan fingerprint density at radius 3 is 3.00 bits per heavy atom. The molecule has 0 spiro atoms. The molecule has 1 aliphatic heterocycles. The molecule has 0 aromatic heterocycles. The molecule has 1 rings (SSSR count). The number of likely N-dealkylation sites (tertiary alicyclic amines) is 1. The van der Waals surface area contributed by atoms with Crippen LogP contribution in [0.1, 0.15) is 19.8 Å². The zero-order chi connectivity index (χ0) is 11.3. The highest BCUT2D eigenvalue weighted by Crippen LogP contribution is 2.09. The lowest BCUT2D eigenvalue weighted by Crippen LogP contribution is -2.38. The van der Waals surface area contributed by atoms with Crippen LogP contribution in [0.3, 0.4) is 0 Å². The van der Waals surface area contributed by atoms with Gasteiger partial charge in [0.2, 0.25) is 0 Å². The second kappa shape index (κ2) is 5.88.